The van der Waals surface area contributed by atoms with Gasteiger partial charge in [0.15, 0.2) is 0 Å². The Bertz CT molecular complexity index is 504. The van der Waals surface area contributed by atoms with Gasteiger partial charge in [-0.05, 0) is 24.7 Å². The first kappa shape index (κ1) is 13.9. The summed E-state index contributed by atoms with van der Waals surface area (Å²) in [6.45, 7) is 0.852. The Kier molecular flexibility index (Phi) is 4.37. The number of nitrogens with zero attached hydrogens (tertiary/aromatic N) is 1. The molecule has 1 aliphatic heterocycles. The van der Waals surface area contributed by atoms with Crippen LogP contribution >= 0.6 is 11.8 Å². The minimum Gasteiger partial charge on any atom is -0.352 e. The van der Waals surface area contributed by atoms with Crippen molar-refractivity contribution in [3.05, 3.63) is 18.0 Å². The maximum Gasteiger partial charge on any atom is 0.242 e. The maximum absolute atomic E-state index is 12.1. The van der Waals surface area contributed by atoms with Crippen LogP contribution in [0.2, 0.25) is 0 Å². The van der Waals surface area contributed by atoms with Crippen LogP contribution in [-0.4, -0.2) is 30.5 Å². The third kappa shape index (κ3) is 3.09. The molecule has 0 amide bonds. The molecule has 0 aromatic carbocycles. The van der Waals surface area contributed by atoms with Crippen molar-refractivity contribution in [3.8, 4) is 0 Å². The summed E-state index contributed by atoms with van der Waals surface area (Å²) in [5, 5.41) is 0.414. The zero-order valence-electron chi connectivity index (χ0n) is 10.4. The molecule has 1 aromatic rings. The summed E-state index contributed by atoms with van der Waals surface area (Å²) in [5.41, 5.74) is 6.35. The second-order valence-corrected chi connectivity index (χ2v) is 7.64. The molecule has 18 heavy (non-hydrogen) atoms. The lowest BCUT2D eigenvalue weighted by Gasteiger charge is -2.09. The van der Waals surface area contributed by atoms with Crippen LogP contribution in [0, 0.1) is 0 Å². The lowest BCUT2D eigenvalue weighted by atomic mass is 10.2. The summed E-state index contributed by atoms with van der Waals surface area (Å²) >= 11 is 1.84. The van der Waals surface area contributed by atoms with Crippen molar-refractivity contribution in [2.75, 3.05) is 12.3 Å². The van der Waals surface area contributed by atoms with Crippen LogP contribution in [0.5, 0.6) is 0 Å². The third-order valence-electron chi connectivity index (χ3n) is 3.13. The van der Waals surface area contributed by atoms with Gasteiger partial charge in [0.1, 0.15) is 0 Å². The molecule has 1 aliphatic rings. The van der Waals surface area contributed by atoms with Gasteiger partial charge in [0.25, 0.3) is 0 Å². The molecule has 5 nitrogen and oxygen atoms in total. The van der Waals surface area contributed by atoms with E-state index >= 15 is 0 Å². The van der Waals surface area contributed by atoms with Crippen LogP contribution in [0.1, 0.15) is 18.5 Å². The van der Waals surface area contributed by atoms with E-state index in [1.54, 1.807) is 23.9 Å². The van der Waals surface area contributed by atoms with E-state index in [0.29, 0.717) is 23.2 Å². The number of nitrogens with two attached hydrogens (primary N) is 1. The minimum absolute atomic E-state index is 0.299. The fourth-order valence-corrected chi connectivity index (χ4v) is 4.50. The van der Waals surface area contributed by atoms with E-state index < -0.39 is 10.0 Å². The molecular weight excluding hydrogens is 270 g/mol. The van der Waals surface area contributed by atoms with E-state index in [4.69, 9.17) is 5.73 Å². The van der Waals surface area contributed by atoms with Crippen molar-refractivity contribution in [1.82, 2.24) is 9.29 Å². The molecule has 1 saturated heterocycles. The molecule has 2 rings (SSSR count). The van der Waals surface area contributed by atoms with Crippen LogP contribution in [0.25, 0.3) is 0 Å². The highest BCUT2D eigenvalue weighted by atomic mass is 32.2. The molecule has 7 heteroatoms. The fourth-order valence-electron chi connectivity index (χ4n) is 2.02. The van der Waals surface area contributed by atoms with Crippen molar-refractivity contribution in [3.63, 3.8) is 0 Å². The van der Waals surface area contributed by atoms with E-state index in [9.17, 15) is 8.42 Å². The summed E-state index contributed by atoms with van der Waals surface area (Å²) in [6, 6.07) is 1.63. The summed E-state index contributed by atoms with van der Waals surface area (Å²) in [5.74, 6) is 1.13. The van der Waals surface area contributed by atoms with Gasteiger partial charge in [0.2, 0.25) is 10.0 Å². The molecule has 0 spiro atoms. The van der Waals surface area contributed by atoms with Crippen LogP contribution in [-0.2, 0) is 23.6 Å². The van der Waals surface area contributed by atoms with Crippen LogP contribution in [0.4, 0.5) is 0 Å². The standard InChI is InChI=1S/C11H19N3O2S2/c1-14-8-11(5-9(14)6-12)18(15,16)13-7-10-3-2-4-17-10/h5,8,10,13H,2-4,6-7,12H2,1H3. The summed E-state index contributed by atoms with van der Waals surface area (Å²) in [4.78, 5) is 0.299. The monoisotopic (exact) mass is 289 g/mol. The topological polar surface area (TPSA) is 77.1 Å². The maximum atomic E-state index is 12.1. The van der Waals surface area contributed by atoms with Crippen LogP contribution in [0.3, 0.4) is 0 Å². The molecule has 3 N–H and O–H groups in total. The number of rotatable bonds is 5. The minimum atomic E-state index is -3.40. The first-order valence-corrected chi connectivity index (χ1v) is 8.52. The van der Waals surface area contributed by atoms with Crippen molar-refractivity contribution in [2.45, 2.75) is 29.5 Å². The molecule has 1 fully saturated rings. The van der Waals surface area contributed by atoms with Crippen molar-refractivity contribution in [2.24, 2.45) is 12.8 Å². The first-order valence-electron chi connectivity index (χ1n) is 5.99. The number of nitrogens with one attached hydrogen (secondary N) is 1. The zero-order valence-corrected chi connectivity index (χ0v) is 12.1. The molecule has 0 saturated carbocycles. The highest BCUT2D eigenvalue weighted by Crippen LogP contribution is 2.25. The van der Waals surface area contributed by atoms with E-state index in [-0.39, 0.29) is 0 Å². The van der Waals surface area contributed by atoms with Crippen molar-refractivity contribution < 1.29 is 8.42 Å². The summed E-state index contributed by atoms with van der Waals surface area (Å²) in [6.07, 6.45) is 3.88. The van der Waals surface area contributed by atoms with Gasteiger partial charge in [-0.15, -0.1) is 0 Å². The Morgan fingerprint density at radius 2 is 2.39 bits per heavy atom. The second kappa shape index (κ2) is 5.64. The Labute approximate surface area is 112 Å². The molecule has 0 bridgehead atoms. The molecule has 1 unspecified atom stereocenters. The zero-order chi connectivity index (χ0) is 13.2. The SMILES string of the molecule is Cn1cc(S(=O)(=O)NCC2CCCS2)cc1CN. The summed E-state index contributed by atoms with van der Waals surface area (Å²) < 4.78 is 28.6. The quantitative estimate of drug-likeness (QED) is 0.835. The molecular formula is C11H19N3O2S2. The van der Waals surface area contributed by atoms with Crippen molar-refractivity contribution in [1.29, 1.82) is 0 Å². The largest absolute Gasteiger partial charge is 0.352 e. The van der Waals surface area contributed by atoms with E-state index in [0.717, 1.165) is 17.9 Å². The smallest absolute Gasteiger partial charge is 0.242 e. The molecule has 1 atom stereocenters. The van der Waals surface area contributed by atoms with Gasteiger partial charge in [-0.2, -0.15) is 11.8 Å². The number of hydrogen-bond donors (Lipinski definition) is 2. The number of aryl methyl sites for hydroxylation is 1. The van der Waals surface area contributed by atoms with Gasteiger partial charge in [0.05, 0.1) is 4.90 Å². The molecule has 102 valence electrons. The average Bonchev–Trinajstić information content (AvgIpc) is 2.95. The van der Waals surface area contributed by atoms with Gasteiger partial charge in [-0.1, -0.05) is 0 Å². The molecule has 1 aromatic heterocycles. The van der Waals surface area contributed by atoms with Gasteiger partial charge < -0.3 is 10.3 Å². The highest BCUT2D eigenvalue weighted by Gasteiger charge is 2.21. The Morgan fingerprint density at radius 1 is 1.61 bits per heavy atom. The lowest BCUT2D eigenvalue weighted by Crippen LogP contribution is -2.29. The Hall–Kier alpha value is -0.500. The highest BCUT2D eigenvalue weighted by molar-refractivity contribution is 8.00. The average molecular weight is 289 g/mol. The molecule has 0 aliphatic carbocycles. The predicted molar refractivity (Wildman–Crippen MR) is 74.0 cm³/mol. The van der Waals surface area contributed by atoms with Crippen LogP contribution < -0.4 is 10.5 Å². The third-order valence-corrected chi connectivity index (χ3v) is 5.92. The van der Waals surface area contributed by atoms with Gasteiger partial charge in [-0.3, -0.25) is 0 Å². The first-order chi connectivity index (χ1) is 8.53. The molecule has 2 heterocycles. The second-order valence-electron chi connectivity index (χ2n) is 4.47. The lowest BCUT2D eigenvalue weighted by molar-refractivity contribution is 0.579. The number of hydrogen-bond acceptors (Lipinski definition) is 4. The normalized spacial score (nSPS) is 20.4. The van der Waals surface area contributed by atoms with E-state index in [2.05, 4.69) is 4.72 Å². The predicted octanol–water partition coefficient (Wildman–Crippen LogP) is 0.658. The van der Waals surface area contributed by atoms with Gasteiger partial charge >= 0.3 is 0 Å². The van der Waals surface area contributed by atoms with E-state index in [1.165, 1.54) is 6.42 Å². The number of sulfonamides is 1. The van der Waals surface area contributed by atoms with Crippen molar-refractivity contribution >= 4 is 21.8 Å². The Balaban J connectivity index is 2.04. The van der Waals surface area contributed by atoms with Crippen LogP contribution in [0.15, 0.2) is 17.2 Å². The van der Waals surface area contributed by atoms with Gasteiger partial charge in [-0.25, -0.2) is 13.1 Å². The van der Waals surface area contributed by atoms with Gasteiger partial charge in [0, 0.05) is 37.3 Å². The van der Waals surface area contributed by atoms with E-state index in [1.807, 2.05) is 11.8 Å². The Morgan fingerprint density at radius 3 is 2.94 bits per heavy atom. The number of thioether (sulfide) groups is 1. The fraction of sp³-hybridized carbons (Fsp3) is 0.636. The summed E-state index contributed by atoms with van der Waals surface area (Å²) in [7, 11) is -1.60. The number of aromatic nitrogens is 1. The molecule has 0 radical (unpaired) electrons.